The molecule has 0 saturated heterocycles. The van der Waals surface area contributed by atoms with Gasteiger partial charge in [-0.1, -0.05) is 24.3 Å². The molecule has 2 amide bonds. The van der Waals surface area contributed by atoms with Crippen molar-refractivity contribution in [3.63, 3.8) is 0 Å². The third kappa shape index (κ3) is 4.73. The predicted molar refractivity (Wildman–Crippen MR) is 105 cm³/mol. The maximum Gasteiger partial charge on any atom is 0.275 e. The number of phenols is 1. The number of fused-ring (bicyclic) bond motifs is 1. The standard InChI is InChI=1S/C21H23N3O3/c1-14(23-24-21(27)17-10-4-5-12-19(17)25)13-20(26)22-18-11-6-8-15-7-2-3-9-16(15)18/h4-6,8,10-12,25H,2-3,7,9,13H2,1H3,(H,22,26)(H,24,27)/b23-14+. The first-order valence-electron chi connectivity index (χ1n) is 9.06. The first-order valence-corrected chi connectivity index (χ1v) is 9.06. The zero-order valence-corrected chi connectivity index (χ0v) is 15.3. The highest BCUT2D eigenvalue weighted by atomic mass is 16.3. The minimum Gasteiger partial charge on any atom is -0.507 e. The second-order valence-electron chi connectivity index (χ2n) is 6.68. The smallest absolute Gasteiger partial charge is 0.275 e. The molecule has 0 aromatic heterocycles. The van der Waals surface area contributed by atoms with Crippen LogP contribution in [0.4, 0.5) is 5.69 Å². The molecule has 1 aliphatic rings. The predicted octanol–water partition coefficient (Wildman–Crippen LogP) is 3.41. The van der Waals surface area contributed by atoms with E-state index in [1.807, 2.05) is 12.1 Å². The minimum absolute atomic E-state index is 0.0741. The molecule has 6 nitrogen and oxygen atoms in total. The van der Waals surface area contributed by atoms with Crippen molar-refractivity contribution < 1.29 is 14.7 Å². The van der Waals surface area contributed by atoms with Crippen molar-refractivity contribution in [2.45, 2.75) is 39.0 Å². The summed E-state index contributed by atoms with van der Waals surface area (Å²) >= 11 is 0. The highest BCUT2D eigenvalue weighted by Crippen LogP contribution is 2.27. The van der Waals surface area contributed by atoms with Gasteiger partial charge in [0, 0.05) is 11.4 Å². The van der Waals surface area contributed by atoms with E-state index in [-0.39, 0.29) is 23.6 Å². The number of aryl methyl sites for hydroxylation is 1. The monoisotopic (exact) mass is 365 g/mol. The van der Waals surface area contributed by atoms with Gasteiger partial charge >= 0.3 is 0 Å². The second-order valence-corrected chi connectivity index (χ2v) is 6.68. The summed E-state index contributed by atoms with van der Waals surface area (Å²) in [6, 6.07) is 12.2. The summed E-state index contributed by atoms with van der Waals surface area (Å²) in [5.41, 5.74) is 6.37. The van der Waals surface area contributed by atoms with E-state index in [1.54, 1.807) is 19.1 Å². The van der Waals surface area contributed by atoms with Gasteiger partial charge in [-0.15, -0.1) is 0 Å². The fraction of sp³-hybridized carbons (Fsp3) is 0.286. The third-order valence-corrected chi connectivity index (χ3v) is 4.58. The number of phenolic OH excluding ortho intramolecular Hbond substituents is 1. The van der Waals surface area contributed by atoms with Crippen molar-refractivity contribution in [2.75, 3.05) is 5.32 Å². The zero-order valence-electron chi connectivity index (χ0n) is 15.3. The van der Waals surface area contributed by atoms with Gasteiger partial charge in [0.25, 0.3) is 5.91 Å². The van der Waals surface area contributed by atoms with Crippen molar-refractivity contribution in [1.29, 1.82) is 0 Å². The Balaban J connectivity index is 1.59. The van der Waals surface area contributed by atoms with E-state index in [1.165, 1.54) is 29.7 Å². The molecule has 0 aliphatic heterocycles. The van der Waals surface area contributed by atoms with Crippen molar-refractivity contribution in [1.82, 2.24) is 5.43 Å². The Morgan fingerprint density at radius 1 is 1.07 bits per heavy atom. The fourth-order valence-corrected chi connectivity index (χ4v) is 3.24. The average Bonchev–Trinajstić information content (AvgIpc) is 2.67. The molecule has 1 aliphatic carbocycles. The van der Waals surface area contributed by atoms with Crippen molar-refractivity contribution in [3.05, 3.63) is 59.2 Å². The molecule has 0 spiro atoms. The summed E-state index contributed by atoms with van der Waals surface area (Å²) in [5, 5.41) is 16.6. The van der Waals surface area contributed by atoms with E-state index in [4.69, 9.17) is 0 Å². The van der Waals surface area contributed by atoms with Crippen LogP contribution < -0.4 is 10.7 Å². The molecule has 6 heteroatoms. The van der Waals surface area contributed by atoms with E-state index in [9.17, 15) is 14.7 Å². The van der Waals surface area contributed by atoms with Crippen molar-refractivity contribution in [3.8, 4) is 5.75 Å². The summed E-state index contributed by atoms with van der Waals surface area (Å²) in [6.45, 7) is 1.67. The van der Waals surface area contributed by atoms with Crippen molar-refractivity contribution in [2.24, 2.45) is 5.10 Å². The number of nitrogens with one attached hydrogen (secondary N) is 2. The molecule has 27 heavy (non-hydrogen) atoms. The van der Waals surface area contributed by atoms with Crippen LogP contribution in [-0.2, 0) is 17.6 Å². The van der Waals surface area contributed by atoms with Gasteiger partial charge in [0.2, 0.25) is 5.91 Å². The summed E-state index contributed by atoms with van der Waals surface area (Å²) in [5.74, 6) is -0.813. The third-order valence-electron chi connectivity index (χ3n) is 4.58. The number of rotatable bonds is 5. The lowest BCUT2D eigenvalue weighted by Gasteiger charge is -2.19. The average molecular weight is 365 g/mol. The molecule has 0 fully saturated rings. The molecular weight excluding hydrogens is 342 g/mol. The number of nitrogens with zero attached hydrogens (tertiary/aromatic N) is 1. The first kappa shape index (κ1) is 18.6. The number of carbonyl (C=O) groups excluding carboxylic acids is 2. The van der Waals surface area contributed by atoms with Crippen LogP contribution >= 0.6 is 0 Å². The lowest BCUT2D eigenvalue weighted by Crippen LogP contribution is -2.22. The number of carbonyl (C=O) groups is 2. The zero-order chi connectivity index (χ0) is 19.2. The van der Waals surface area contributed by atoms with E-state index >= 15 is 0 Å². The molecule has 0 heterocycles. The molecule has 0 unspecified atom stereocenters. The Hall–Kier alpha value is -3.15. The van der Waals surface area contributed by atoms with E-state index in [0.717, 1.165) is 24.9 Å². The van der Waals surface area contributed by atoms with Gasteiger partial charge in [0.15, 0.2) is 0 Å². The first-order chi connectivity index (χ1) is 13.0. The summed E-state index contributed by atoms with van der Waals surface area (Å²) in [7, 11) is 0. The molecule has 3 rings (SSSR count). The van der Waals surface area contributed by atoms with Gasteiger partial charge in [-0.3, -0.25) is 9.59 Å². The number of para-hydroxylation sites is 1. The molecule has 0 radical (unpaired) electrons. The molecular formula is C21H23N3O3. The Bertz CT molecular complexity index is 890. The maximum absolute atomic E-state index is 12.3. The summed E-state index contributed by atoms with van der Waals surface area (Å²) < 4.78 is 0. The number of anilines is 1. The van der Waals surface area contributed by atoms with Crippen LogP contribution in [0.3, 0.4) is 0 Å². The fourth-order valence-electron chi connectivity index (χ4n) is 3.24. The van der Waals surface area contributed by atoms with Crippen LogP contribution in [0.15, 0.2) is 47.6 Å². The van der Waals surface area contributed by atoms with Gasteiger partial charge in [0.1, 0.15) is 5.75 Å². The quantitative estimate of drug-likeness (QED) is 0.560. The van der Waals surface area contributed by atoms with Crippen LogP contribution in [0.25, 0.3) is 0 Å². The lowest BCUT2D eigenvalue weighted by atomic mass is 9.90. The second kappa shape index (κ2) is 8.49. The van der Waals surface area contributed by atoms with Crippen LogP contribution in [0.1, 0.15) is 47.7 Å². The number of hydrogen-bond acceptors (Lipinski definition) is 4. The molecule has 2 aromatic rings. The molecule has 2 aromatic carbocycles. The van der Waals surface area contributed by atoms with Gasteiger partial charge < -0.3 is 10.4 Å². The molecule has 140 valence electrons. The van der Waals surface area contributed by atoms with E-state index < -0.39 is 5.91 Å². The number of hydrazone groups is 1. The van der Waals surface area contributed by atoms with E-state index in [2.05, 4.69) is 21.9 Å². The lowest BCUT2D eigenvalue weighted by molar-refractivity contribution is -0.115. The largest absolute Gasteiger partial charge is 0.507 e. The van der Waals surface area contributed by atoms with Gasteiger partial charge in [-0.2, -0.15) is 5.10 Å². The Morgan fingerprint density at radius 3 is 2.67 bits per heavy atom. The van der Waals surface area contributed by atoms with E-state index in [0.29, 0.717) is 5.71 Å². The number of benzene rings is 2. The topological polar surface area (TPSA) is 90.8 Å². The Morgan fingerprint density at radius 2 is 1.85 bits per heavy atom. The Labute approximate surface area is 158 Å². The van der Waals surface area contributed by atoms with Crippen LogP contribution in [0.2, 0.25) is 0 Å². The normalized spacial score (nSPS) is 13.6. The SMILES string of the molecule is C/C(CC(=O)Nc1cccc2c1CCCC2)=N\NC(=O)c1ccccc1O. The van der Waals surface area contributed by atoms with Gasteiger partial charge in [-0.25, -0.2) is 5.43 Å². The summed E-state index contributed by atoms with van der Waals surface area (Å²) in [6.07, 6.45) is 4.43. The highest BCUT2D eigenvalue weighted by Gasteiger charge is 2.15. The molecule has 0 atom stereocenters. The molecule has 0 saturated carbocycles. The van der Waals surface area contributed by atoms with Gasteiger partial charge in [-0.05, 0) is 61.9 Å². The summed E-state index contributed by atoms with van der Waals surface area (Å²) in [4.78, 5) is 24.4. The van der Waals surface area contributed by atoms with Crippen LogP contribution in [0, 0.1) is 0 Å². The number of aromatic hydroxyl groups is 1. The maximum atomic E-state index is 12.3. The number of hydrogen-bond donors (Lipinski definition) is 3. The van der Waals surface area contributed by atoms with Gasteiger partial charge in [0.05, 0.1) is 12.0 Å². The number of amides is 2. The Kier molecular flexibility index (Phi) is 5.86. The molecule has 3 N–H and O–H groups in total. The molecule has 0 bridgehead atoms. The van der Waals surface area contributed by atoms with Crippen molar-refractivity contribution >= 4 is 23.2 Å². The highest BCUT2D eigenvalue weighted by molar-refractivity contribution is 6.06. The minimum atomic E-state index is -0.523. The van der Waals surface area contributed by atoms with Crippen LogP contribution in [0.5, 0.6) is 5.75 Å². The van der Waals surface area contributed by atoms with Crippen LogP contribution in [-0.4, -0.2) is 22.6 Å².